The standard InChI is InChI=1S/C8H4ClO/c9-7-3-1-2-6-4-5-10-8(6)7/h1-3,5H. The summed E-state index contributed by atoms with van der Waals surface area (Å²) in [4.78, 5) is 0. The van der Waals surface area contributed by atoms with E-state index in [1.807, 2.05) is 12.1 Å². The molecule has 1 radical (unpaired) electrons. The first-order valence-corrected chi connectivity index (χ1v) is 3.29. The van der Waals surface area contributed by atoms with Crippen molar-refractivity contribution in [3.63, 3.8) is 0 Å². The van der Waals surface area contributed by atoms with Crippen molar-refractivity contribution >= 4 is 22.6 Å². The summed E-state index contributed by atoms with van der Waals surface area (Å²) in [6.45, 7) is 0. The van der Waals surface area contributed by atoms with Crippen molar-refractivity contribution in [2.75, 3.05) is 0 Å². The molecule has 0 fully saturated rings. The monoisotopic (exact) mass is 151 g/mol. The van der Waals surface area contributed by atoms with Gasteiger partial charge >= 0.3 is 0 Å². The zero-order valence-electron chi connectivity index (χ0n) is 5.10. The van der Waals surface area contributed by atoms with Crippen LogP contribution in [0.4, 0.5) is 0 Å². The Labute approximate surface area is 63.2 Å². The molecule has 0 bridgehead atoms. The highest BCUT2D eigenvalue weighted by atomic mass is 35.5. The summed E-state index contributed by atoms with van der Waals surface area (Å²) in [5.41, 5.74) is 0.712. The molecule has 0 unspecified atom stereocenters. The van der Waals surface area contributed by atoms with Crippen molar-refractivity contribution in [2.45, 2.75) is 0 Å². The minimum Gasteiger partial charge on any atom is -0.462 e. The van der Waals surface area contributed by atoms with Crippen molar-refractivity contribution in [1.29, 1.82) is 0 Å². The van der Waals surface area contributed by atoms with Gasteiger partial charge in [-0.2, -0.15) is 0 Å². The molecule has 0 saturated carbocycles. The number of rotatable bonds is 0. The molecule has 49 valence electrons. The van der Waals surface area contributed by atoms with Gasteiger partial charge in [-0.05, 0) is 6.07 Å². The second-order valence-corrected chi connectivity index (χ2v) is 2.40. The fraction of sp³-hybridized carbons (Fsp3) is 0. The van der Waals surface area contributed by atoms with E-state index in [0.717, 1.165) is 5.39 Å². The average molecular weight is 152 g/mol. The summed E-state index contributed by atoms with van der Waals surface area (Å²) in [6, 6.07) is 8.48. The van der Waals surface area contributed by atoms with Gasteiger partial charge in [0.15, 0.2) is 5.58 Å². The van der Waals surface area contributed by atoms with E-state index in [1.54, 1.807) is 6.07 Å². The molecule has 2 aromatic rings. The highest BCUT2D eigenvalue weighted by Gasteiger charge is 1.98. The van der Waals surface area contributed by atoms with E-state index >= 15 is 0 Å². The van der Waals surface area contributed by atoms with Crippen LogP contribution in [0.3, 0.4) is 0 Å². The third-order valence-corrected chi connectivity index (χ3v) is 1.66. The number of para-hydroxylation sites is 1. The highest BCUT2D eigenvalue weighted by Crippen LogP contribution is 2.22. The summed E-state index contributed by atoms with van der Waals surface area (Å²) in [7, 11) is 0. The lowest BCUT2D eigenvalue weighted by atomic mass is 10.3. The largest absolute Gasteiger partial charge is 0.462 e. The zero-order chi connectivity index (χ0) is 6.97. The Morgan fingerprint density at radius 1 is 1.40 bits per heavy atom. The van der Waals surface area contributed by atoms with Gasteiger partial charge in [0.05, 0.1) is 11.3 Å². The SMILES string of the molecule is Clc1cccc2[c]coc12. The Morgan fingerprint density at radius 2 is 2.30 bits per heavy atom. The Bertz CT molecular complexity index is 351. The third kappa shape index (κ3) is 0.711. The van der Waals surface area contributed by atoms with E-state index in [9.17, 15) is 0 Å². The van der Waals surface area contributed by atoms with Gasteiger partial charge in [0.2, 0.25) is 0 Å². The highest BCUT2D eigenvalue weighted by molar-refractivity contribution is 6.34. The van der Waals surface area contributed by atoms with Gasteiger partial charge in [0, 0.05) is 11.5 Å². The normalized spacial score (nSPS) is 10.5. The van der Waals surface area contributed by atoms with Gasteiger partial charge in [0.25, 0.3) is 0 Å². The molecule has 0 N–H and O–H groups in total. The van der Waals surface area contributed by atoms with Crippen LogP contribution in [0.5, 0.6) is 0 Å². The molecule has 1 nitrogen and oxygen atoms in total. The fourth-order valence-corrected chi connectivity index (χ4v) is 1.11. The van der Waals surface area contributed by atoms with Gasteiger partial charge < -0.3 is 4.42 Å². The van der Waals surface area contributed by atoms with Crippen molar-refractivity contribution in [2.24, 2.45) is 0 Å². The Morgan fingerprint density at radius 3 is 3.10 bits per heavy atom. The van der Waals surface area contributed by atoms with Crippen molar-refractivity contribution in [3.8, 4) is 0 Å². The summed E-state index contributed by atoms with van der Waals surface area (Å²) < 4.78 is 5.06. The first-order chi connectivity index (χ1) is 4.88. The number of furan rings is 1. The Kier molecular flexibility index (Phi) is 1.18. The molecule has 1 aromatic heterocycles. The minimum absolute atomic E-state index is 0.638. The number of fused-ring (bicyclic) bond motifs is 1. The van der Waals surface area contributed by atoms with E-state index < -0.39 is 0 Å². The molecule has 0 aliphatic carbocycles. The molecule has 0 aliphatic heterocycles. The molecule has 10 heavy (non-hydrogen) atoms. The number of hydrogen-bond donors (Lipinski definition) is 0. The average Bonchev–Trinajstić information content (AvgIpc) is 2.36. The smallest absolute Gasteiger partial charge is 0.153 e. The molecular weight excluding hydrogens is 148 g/mol. The summed E-state index contributed by atoms with van der Waals surface area (Å²) in [5.74, 6) is 0. The van der Waals surface area contributed by atoms with Crippen LogP contribution < -0.4 is 0 Å². The van der Waals surface area contributed by atoms with Gasteiger partial charge in [-0.25, -0.2) is 0 Å². The summed E-state index contributed by atoms with van der Waals surface area (Å²) in [5, 5.41) is 1.56. The predicted molar refractivity (Wildman–Crippen MR) is 40.1 cm³/mol. The molecule has 0 saturated heterocycles. The number of benzene rings is 1. The van der Waals surface area contributed by atoms with E-state index in [-0.39, 0.29) is 0 Å². The lowest BCUT2D eigenvalue weighted by Crippen LogP contribution is -1.63. The molecule has 2 rings (SSSR count). The third-order valence-electron chi connectivity index (χ3n) is 1.36. The van der Waals surface area contributed by atoms with E-state index in [4.69, 9.17) is 16.0 Å². The Balaban J connectivity index is 2.95. The first kappa shape index (κ1) is 5.81. The van der Waals surface area contributed by atoms with Gasteiger partial charge in [-0.15, -0.1) is 0 Å². The van der Waals surface area contributed by atoms with E-state index in [2.05, 4.69) is 6.07 Å². The predicted octanol–water partition coefficient (Wildman–Crippen LogP) is 2.89. The van der Waals surface area contributed by atoms with Gasteiger partial charge in [-0.1, -0.05) is 23.7 Å². The minimum atomic E-state index is 0.638. The van der Waals surface area contributed by atoms with Crippen LogP contribution in [0.2, 0.25) is 5.02 Å². The van der Waals surface area contributed by atoms with Crippen LogP contribution in [0, 0.1) is 6.07 Å². The fourth-order valence-electron chi connectivity index (χ4n) is 0.894. The van der Waals surface area contributed by atoms with Crippen LogP contribution in [-0.4, -0.2) is 0 Å². The lowest BCUT2D eigenvalue weighted by Gasteiger charge is -1.88. The molecule has 1 heterocycles. The zero-order valence-corrected chi connectivity index (χ0v) is 5.85. The summed E-state index contributed by atoms with van der Waals surface area (Å²) in [6.07, 6.45) is 1.51. The van der Waals surface area contributed by atoms with Crippen LogP contribution in [0.15, 0.2) is 28.9 Å². The lowest BCUT2D eigenvalue weighted by molar-refractivity contribution is 0.615. The topological polar surface area (TPSA) is 13.1 Å². The van der Waals surface area contributed by atoms with Crippen LogP contribution in [0.25, 0.3) is 11.0 Å². The van der Waals surface area contributed by atoms with E-state index in [1.165, 1.54) is 6.26 Å². The molecule has 0 amide bonds. The molecule has 1 aromatic carbocycles. The number of hydrogen-bond acceptors (Lipinski definition) is 1. The van der Waals surface area contributed by atoms with Crippen LogP contribution >= 0.6 is 11.6 Å². The summed E-state index contributed by atoms with van der Waals surface area (Å²) >= 11 is 5.78. The number of halogens is 1. The van der Waals surface area contributed by atoms with Crippen molar-refractivity contribution in [3.05, 3.63) is 35.6 Å². The van der Waals surface area contributed by atoms with Crippen LogP contribution in [0.1, 0.15) is 0 Å². The Hall–Kier alpha value is -0.950. The second kappa shape index (κ2) is 2.03. The second-order valence-electron chi connectivity index (χ2n) is 2.00. The quantitative estimate of drug-likeness (QED) is 0.564. The molecule has 0 spiro atoms. The maximum absolute atomic E-state index is 5.78. The van der Waals surface area contributed by atoms with Crippen molar-refractivity contribution < 1.29 is 4.42 Å². The molecule has 0 aliphatic rings. The molecule has 2 heteroatoms. The molecular formula is C8H4ClO. The maximum atomic E-state index is 5.78. The van der Waals surface area contributed by atoms with Gasteiger partial charge in [0.1, 0.15) is 0 Å². The maximum Gasteiger partial charge on any atom is 0.153 e. The molecule has 0 atom stereocenters. The van der Waals surface area contributed by atoms with E-state index in [0.29, 0.717) is 10.6 Å². The van der Waals surface area contributed by atoms with Gasteiger partial charge in [-0.3, -0.25) is 0 Å². The van der Waals surface area contributed by atoms with Crippen LogP contribution in [-0.2, 0) is 0 Å². The first-order valence-electron chi connectivity index (χ1n) is 2.91. The van der Waals surface area contributed by atoms with Crippen molar-refractivity contribution in [1.82, 2.24) is 0 Å².